The highest BCUT2D eigenvalue weighted by molar-refractivity contribution is 6.36. The number of nitrogens with zero attached hydrogens (tertiary/aromatic N) is 1. The second-order valence-electron chi connectivity index (χ2n) is 8.07. The molecule has 0 bridgehead atoms. The Morgan fingerprint density at radius 3 is 1.82 bits per heavy atom. The molecule has 0 saturated carbocycles. The summed E-state index contributed by atoms with van der Waals surface area (Å²) in [5.41, 5.74) is 2.69. The van der Waals surface area contributed by atoms with E-state index < -0.39 is 11.8 Å². The summed E-state index contributed by atoms with van der Waals surface area (Å²) in [5.74, 6) is -1.28. The molecular weight excluding hydrogens is 436 g/mol. The van der Waals surface area contributed by atoms with Gasteiger partial charge in [-0.3, -0.25) is 24.1 Å². The molecule has 2 aromatic rings. The molecule has 2 aromatic carbocycles. The van der Waals surface area contributed by atoms with Crippen molar-refractivity contribution >= 4 is 46.3 Å². The normalized spacial score (nSPS) is 13.5. The van der Waals surface area contributed by atoms with E-state index in [1.807, 2.05) is 13.8 Å². The van der Waals surface area contributed by atoms with Gasteiger partial charge in [0.25, 0.3) is 11.8 Å². The highest BCUT2D eigenvalue weighted by Gasteiger charge is 2.39. The summed E-state index contributed by atoms with van der Waals surface area (Å²) >= 11 is 0. The number of amides is 4. The van der Waals surface area contributed by atoms with Crippen LogP contribution in [-0.2, 0) is 23.9 Å². The van der Waals surface area contributed by atoms with Crippen molar-refractivity contribution in [2.75, 3.05) is 29.1 Å². The zero-order chi connectivity index (χ0) is 24.8. The number of hydrogen-bond acceptors (Lipinski definition) is 6. The van der Waals surface area contributed by atoms with Crippen molar-refractivity contribution in [1.82, 2.24) is 4.90 Å². The van der Waals surface area contributed by atoms with Gasteiger partial charge in [0.2, 0.25) is 11.8 Å². The van der Waals surface area contributed by atoms with Crippen molar-refractivity contribution in [1.29, 1.82) is 0 Å². The van der Waals surface area contributed by atoms with E-state index in [0.29, 0.717) is 22.6 Å². The highest BCUT2D eigenvalue weighted by atomic mass is 16.5. The third-order valence-electron chi connectivity index (χ3n) is 4.90. The van der Waals surface area contributed by atoms with Crippen LogP contribution in [0.4, 0.5) is 17.1 Å². The Morgan fingerprint density at radius 1 is 0.824 bits per heavy atom. The van der Waals surface area contributed by atoms with Gasteiger partial charge in [-0.05, 0) is 55.8 Å². The summed E-state index contributed by atoms with van der Waals surface area (Å²) in [6, 6.07) is 13.5. The van der Waals surface area contributed by atoms with Gasteiger partial charge < -0.3 is 20.7 Å². The molecule has 3 rings (SSSR count). The minimum Gasteiger partial charge on any atom is -0.377 e. The molecular formula is C25H28N4O5. The van der Waals surface area contributed by atoms with E-state index in [-0.39, 0.29) is 42.3 Å². The van der Waals surface area contributed by atoms with Crippen LogP contribution in [0.25, 0.3) is 5.57 Å². The minimum absolute atomic E-state index is 0.0266. The SMILES string of the molecule is CC(=O)Nc1ccc(NC2=C(c3ccc(NC(C)=O)cc3)C(=O)N(CCOC(C)C)C2=O)cc1. The summed E-state index contributed by atoms with van der Waals surface area (Å²) in [5, 5.41) is 8.43. The lowest BCUT2D eigenvalue weighted by Crippen LogP contribution is -2.35. The van der Waals surface area contributed by atoms with Crippen molar-refractivity contribution in [2.24, 2.45) is 0 Å². The van der Waals surface area contributed by atoms with Crippen LogP contribution >= 0.6 is 0 Å². The quantitative estimate of drug-likeness (QED) is 0.491. The molecule has 0 aliphatic carbocycles. The molecule has 1 heterocycles. The van der Waals surface area contributed by atoms with E-state index in [2.05, 4.69) is 16.0 Å². The standard InChI is InChI=1S/C25H28N4O5/c1-15(2)34-14-13-29-24(32)22(18-5-7-19(8-6-18)26-16(3)30)23(25(29)33)28-21-11-9-20(10-12-21)27-17(4)31/h5-12,15,28H,13-14H2,1-4H3,(H,26,30)(H,27,31). The van der Waals surface area contributed by atoms with Gasteiger partial charge in [0.1, 0.15) is 5.70 Å². The zero-order valence-corrected chi connectivity index (χ0v) is 19.6. The lowest BCUT2D eigenvalue weighted by molar-refractivity contribution is -0.138. The van der Waals surface area contributed by atoms with Crippen LogP contribution in [0.2, 0.25) is 0 Å². The van der Waals surface area contributed by atoms with E-state index in [0.717, 1.165) is 4.90 Å². The smallest absolute Gasteiger partial charge is 0.278 e. The molecule has 9 heteroatoms. The average Bonchev–Trinajstić information content (AvgIpc) is 2.99. The van der Waals surface area contributed by atoms with Crippen LogP contribution in [0, 0.1) is 0 Å². The molecule has 0 radical (unpaired) electrons. The van der Waals surface area contributed by atoms with E-state index in [1.54, 1.807) is 48.5 Å². The first kappa shape index (κ1) is 24.7. The Morgan fingerprint density at radius 2 is 1.32 bits per heavy atom. The second kappa shape index (κ2) is 10.8. The number of imide groups is 1. The lowest BCUT2D eigenvalue weighted by Gasteiger charge is -2.16. The number of benzene rings is 2. The van der Waals surface area contributed by atoms with Crippen LogP contribution < -0.4 is 16.0 Å². The fourth-order valence-electron chi connectivity index (χ4n) is 3.45. The van der Waals surface area contributed by atoms with Crippen LogP contribution in [-0.4, -0.2) is 47.8 Å². The van der Waals surface area contributed by atoms with Crippen molar-refractivity contribution in [2.45, 2.75) is 33.8 Å². The predicted octanol–water partition coefficient (Wildman–Crippen LogP) is 3.22. The maximum absolute atomic E-state index is 13.3. The van der Waals surface area contributed by atoms with Gasteiger partial charge in [-0.15, -0.1) is 0 Å². The number of anilines is 3. The summed E-state index contributed by atoms with van der Waals surface area (Å²) in [4.78, 5) is 50.2. The van der Waals surface area contributed by atoms with Gasteiger partial charge >= 0.3 is 0 Å². The third kappa shape index (κ3) is 6.08. The number of carbonyl (C=O) groups is 4. The molecule has 0 aromatic heterocycles. The second-order valence-corrected chi connectivity index (χ2v) is 8.07. The number of hydrogen-bond donors (Lipinski definition) is 3. The van der Waals surface area contributed by atoms with Gasteiger partial charge in [-0.25, -0.2) is 0 Å². The van der Waals surface area contributed by atoms with Crippen LogP contribution in [0.1, 0.15) is 33.3 Å². The van der Waals surface area contributed by atoms with Gasteiger partial charge in [0, 0.05) is 30.9 Å². The van der Waals surface area contributed by atoms with Gasteiger partial charge in [0.05, 0.1) is 24.8 Å². The van der Waals surface area contributed by atoms with E-state index in [1.165, 1.54) is 13.8 Å². The Hall–Kier alpha value is -3.98. The number of carbonyl (C=O) groups excluding carboxylic acids is 4. The Balaban J connectivity index is 1.92. The molecule has 0 atom stereocenters. The molecule has 0 spiro atoms. The first-order chi connectivity index (χ1) is 16.2. The predicted molar refractivity (Wildman–Crippen MR) is 130 cm³/mol. The minimum atomic E-state index is -0.454. The first-order valence-corrected chi connectivity index (χ1v) is 10.9. The van der Waals surface area contributed by atoms with Crippen molar-refractivity contribution in [3.05, 3.63) is 59.8 Å². The molecule has 4 amide bonds. The Bertz CT molecular complexity index is 1120. The molecule has 1 aliphatic rings. The van der Waals surface area contributed by atoms with Crippen LogP contribution in [0.15, 0.2) is 54.2 Å². The summed E-state index contributed by atoms with van der Waals surface area (Å²) in [7, 11) is 0. The lowest BCUT2D eigenvalue weighted by atomic mass is 10.0. The fourth-order valence-corrected chi connectivity index (χ4v) is 3.45. The Kier molecular flexibility index (Phi) is 7.80. The molecule has 34 heavy (non-hydrogen) atoms. The highest BCUT2D eigenvalue weighted by Crippen LogP contribution is 2.31. The molecule has 178 valence electrons. The molecule has 0 unspecified atom stereocenters. The first-order valence-electron chi connectivity index (χ1n) is 10.9. The van der Waals surface area contributed by atoms with Gasteiger partial charge in [-0.1, -0.05) is 12.1 Å². The fraction of sp³-hybridized carbons (Fsp3) is 0.280. The monoisotopic (exact) mass is 464 g/mol. The summed E-state index contributed by atoms with van der Waals surface area (Å²) < 4.78 is 5.53. The maximum atomic E-state index is 13.3. The number of rotatable bonds is 9. The maximum Gasteiger partial charge on any atom is 0.278 e. The largest absolute Gasteiger partial charge is 0.377 e. The van der Waals surface area contributed by atoms with Crippen molar-refractivity contribution in [3.63, 3.8) is 0 Å². The zero-order valence-electron chi connectivity index (χ0n) is 19.6. The molecule has 1 aliphatic heterocycles. The van der Waals surface area contributed by atoms with Gasteiger partial charge in [0.15, 0.2) is 0 Å². The van der Waals surface area contributed by atoms with E-state index in [9.17, 15) is 19.2 Å². The van der Waals surface area contributed by atoms with Gasteiger partial charge in [-0.2, -0.15) is 0 Å². The third-order valence-corrected chi connectivity index (χ3v) is 4.90. The van der Waals surface area contributed by atoms with Crippen molar-refractivity contribution in [3.8, 4) is 0 Å². The van der Waals surface area contributed by atoms with Crippen LogP contribution in [0.3, 0.4) is 0 Å². The summed E-state index contributed by atoms with van der Waals surface area (Å²) in [6.07, 6.45) is -0.0266. The molecule has 0 saturated heterocycles. The van der Waals surface area contributed by atoms with E-state index >= 15 is 0 Å². The average molecular weight is 465 g/mol. The van der Waals surface area contributed by atoms with Crippen molar-refractivity contribution < 1.29 is 23.9 Å². The molecule has 3 N–H and O–H groups in total. The Labute approximate surface area is 198 Å². The molecule has 0 fully saturated rings. The van der Waals surface area contributed by atoms with Crippen LogP contribution in [0.5, 0.6) is 0 Å². The summed E-state index contributed by atoms with van der Waals surface area (Å²) in [6.45, 7) is 6.93. The number of ether oxygens (including phenoxy) is 1. The molecule has 9 nitrogen and oxygen atoms in total. The number of nitrogens with one attached hydrogen (secondary N) is 3. The van der Waals surface area contributed by atoms with E-state index in [4.69, 9.17) is 4.74 Å². The topological polar surface area (TPSA) is 117 Å².